The second-order valence-corrected chi connectivity index (χ2v) is 5.72. The Labute approximate surface area is 105 Å². The van der Waals surface area contributed by atoms with E-state index in [1.807, 2.05) is 11.9 Å². The number of carbonyl (C=O) groups is 1. The van der Waals surface area contributed by atoms with Crippen molar-refractivity contribution >= 4 is 5.91 Å². The van der Waals surface area contributed by atoms with Gasteiger partial charge in [0, 0.05) is 13.1 Å². The standard InChI is InChI=1S/C13H27N3O/c1-10(2)9-12(14)13(17)16(4)11-5-7-15(3)8-6-11/h10-12H,5-9,14H2,1-4H3/t12-/m1/s1. The molecule has 0 aromatic carbocycles. The molecule has 0 aromatic heterocycles. The molecule has 4 heteroatoms. The number of hydrogen-bond acceptors (Lipinski definition) is 3. The first kappa shape index (κ1) is 14.5. The van der Waals surface area contributed by atoms with Crippen molar-refractivity contribution in [2.75, 3.05) is 27.2 Å². The molecule has 0 unspecified atom stereocenters. The van der Waals surface area contributed by atoms with Gasteiger partial charge in [-0.3, -0.25) is 4.79 Å². The van der Waals surface area contributed by atoms with Gasteiger partial charge < -0.3 is 15.5 Å². The average Bonchev–Trinajstić information content (AvgIpc) is 2.27. The number of likely N-dealkylation sites (tertiary alicyclic amines) is 1. The summed E-state index contributed by atoms with van der Waals surface area (Å²) in [6.07, 6.45) is 2.90. The average molecular weight is 241 g/mol. The van der Waals surface area contributed by atoms with Crippen LogP contribution in [0.1, 0.15) is 33.1 Å². The molecule has 1 saturated heterocycles. The predicted octanol–water partition coefficient (Wildman–Crippen LogP) is 0.912. The number of piperidine rings is 1. The van der Waals surface area contributed by atoms with Crippen LogP contribution in [0.5, 0.6) is 0 Å². The highest BCUT2D eigenvalue weighted by Crippen LogP contribution is 2.16. The van der Waals surface area contributed by atoms with Crippen LogP contribution < -0.4 is 5.73 Å². The van der Waals surface area contributed by atoms with E-state index < -0.39 is 0 Å². The number of hydrogen-bond donors (Lipinski definition) is 1. The van der Waals surface area contributed by atoms with E-state index in [2.05, 4.69) is 25.8 Å². The summed E-state index contributed by atoms with van der Waals surface area (Å²) in [5.74, 6) is 0.577. The van der Waals surface area contributed by atoms with Gasteiger partial charge in [-0.1, -0.05) is 13.8 Å². The summed E-state index contributed by atoms with van der Waals surface area (Å²) in [5.41, 5.74) is 5.95. The fraction of sp³-hybridized carbons (Fsp3) is 0.923. The number of likely N-dealkylation sites (N-methyl/N-ethyl adjacent to an activating group) is 1. The summed E-state index contributed by atoms with van der Waals surface area (Å²) < 4.78 is 0. The third kappa shape index (κ3) is 4.28. The summed E-state index contributed by atoms with van der Waals surface area (Å²) in [5, 5.41) is 0. The Hall–Kier alpha value is -0.610. The van der Waals surface area contributed by atoms with Crippen molar-refractivity contribution in [3.05, 3.63) is 0 Å². The Morgan fingerprint density at radius 1 is 1.41 bits per heavy atom. The lowest BCUT2D eigenvalue weighted by Gasteiger charge is -2.36. The number of amides is 1. The lowest BCUT2D eigenvalue weighted by Crippen LogP contribution is -2.50. The molecule has 100 valence electrons. The van der Waals surface area contributed by atoms with Crippen molar-refractivity contribution in [2.45, 2.75) is 45.2 Å². The summed E-state index contributed by atoms with van der Waals surface area (Å²) in [6, 6.07) is 0.0385. The van der Waals surface area contributed by atoms with Crippen molar-refractivity contribution in [3.8, 4) is 0 Å². The second-order valence-electron chi connectivity index (χ2n) is 5.72. The fourth-order valence-electron chi connectivity index (χ4n) is 2.43. The van der Waals surface area contributed by atoms with E-state index in [0.29, 0.717) is 12.0 Å². The van der Waals surface area contributed by atoms with Crippen LogP contribution in [0.15, 0.2) is 0 Å². The third-order valence-electron chi connectivity index (χ3n) is 3.63. The maximum Gasteiger partial charge on any atom is 0.239 e. The molecule has 0 bridgehead atoms. The van der Waals surface area contributed by atoms with E-state index in [1.54, 1.807) is 0 Å². The van der Waals surface area contributed by atoms with Crippen LogP contribution in [0.25, 0.3) is 0 Å². The maximum atomic E-state index is 12.1. The molecule has 1 atom stereocenters. The summed E-state index contributed by atoms with van der Waals surface area (Å²) >= 11 is 0. The first-order valence-corrected chi connectivity index (χ1v) is 6.62. The Morgan fingerprint density at radius 2 is 1.94 bits per heavy atom. The van der Waals surface area contributed by atoms with E-state index in [-0.39, 0.29) is 11.9 Å². The van der Waals surface area contributed by atoms with E-state index in [0.717, 1.165) is 32.4 Å². The monoisotopic (exact) mass is 241 g/mol. The van der Waals surface area contributed by atoms with Gasteiger partial charge in [0.25, 0.3) is 0 Å². The first-order chi connectivity index (χ1) is 7.91. The van der Waals surface area contributed by atoms with Crippen molar-refractivity contribution in [1.82, 2.24) is 9.80 Å². The SMILES string of the molecule is CC(C)C[C@@H](N)C(=O)N(C)C1CCN(C)CC1. The van der Waals surface area contributed by atoms with Crippen LogP contribution in [0.3, 0.4) is 0 Å². The van der Waals surface area contributed by atoms with Gasteiger partial charge in [0.15, 0.2) is 0 Å². The molecule has 0 aromatic rings. The Bertz CT molecular complexity index is 247. The molecule has 0 aliphatic carbocycles. The van der Waals surface area contributed by atoms with E-state index in [4.69, 9.17) is 5.73 Å². The van der Waals surface area contributed by atoms with Crippen LogP contribution in [0, 0.1) is 5.92 Å². The predicted molar refractivity (Wildman–Crippen MR) is 70.7 cm³/mol. The lowest BCUT2D eigenvalue weighted by molar-refractivity contribution is -0.134. The topological polar surface area (TPSA) is 49.6 Å². The smallest absolute Gasteiger partial charge is 0.239 e. The molecule has 1 heterocycles. The molecule has 1 aliphatic rings. The fourth-order valence-corrected chi connectivity index (χ4v) is 2.43. The van der Waals surface area contributed by atoms with Crippen LogP contribution in [0.4, 0.5) is 0 Å². The number of nitrogens with two attached hydrogens (primary N) is 1. The quantitative estimate of drug-likeness (QED) is 0.796. The zero-order chi connectivity index (χ0) is 13.0. The molecular formula is C13H27N3O. The Kier molecular flexibility index (Phi) is 5.40. The third-order valence-corrected chi connectivity index (χ3v) is 3.63. The molecule has 0 radical (unpaired) electrons. The van der Waals surface area contributed by atoms with E-state index >= 15 is 0 Å². The minimum Gasteiger partial charge on any atom is -0.341 e. The van der Waals surface area contributed by atoms with Crippen molar-refractivity contribution in [2.24, 2.45) is 11.7 Å². The largest absolute Gasteiger partial charge is 0.341 e. The molecule has 1 aliphatic heterocycles. The van der Waals surface area contributed by atoms with Crippen molar-refractivity contribution in [3.63, 3.8) is 0 Å². The number of nitrogens with zero attached hydrogens (tertiary/aromatic N) is 2. The number of rotatable bonds is 4. The van der Waals surface area contributed by atoms with Gasteiger partial charge in [-0.15, -0.1) is 0 Å². The van der Waals surface area contributed by atoms with Gasteiger partial charge in [-0.05, 0) is 45.3 Å². The molecule has 0 saturated carbocycles. The van der Waals surface area contributed by atoms with Gasteiger partial charge in [-0.25, -0.2) is 0 Å². The number of carbonyl (C=O) groups excluding carboxylic acids is 1. The molecule has 4 nitrogen and oxygen atoms in total. The first-order valence-electron chi connectivity index (χ1n) is 6.62. The Balaban J connectivity index is 2.45. The second kappa shape index (κ2) is 6.36. The highest BCUT2D eigenvalue weighted by Gasteiger charge is 2.27. The van der Waals surface area contributed by atoms with Crippen LogP contribution in [0.2, 0.25) is 0 Å². The van der Waals surface area contributed by atoms with Crippen LogP contribution in [-0.4, -0.2) is 55.0 Å². The van der Waals surface area contributed by atoms with Crippen molar-refractivity contribution in [1.29, 1.82) is 0 Å². The minimum atomic E-state index is -0.334. The van der Waals surface area contributed by atoms with Gasteiger partial charge in [0.1, 0.15) is 0 Å². The maximum absolute atomic E-state index is 12.1. The van der Waals surface area contributed by atoms with Crippen molar-refractivity contribution < 1.29 is 4.79 Å². The van der Waals surface area contributed by atoms with Crippen LogP contribution in [-0.2, 0) is 4.79 Å². The normalized spacial score (nSPS) is 20.6. The van der Waals surface area contributed by atoms with Gasteiger partial charge >= 0.3 is 0 Å². The van der Waals surface area contributed by atoms with E-state index in [9.17, 15) is 4.79 Å². The highest BCUT2D eigenvalue weighted by atomic mass is 16.2. The van der Waals surface area contributed by atoms with Gasteiger partial charge in [0.2, 0.25) is 5.91 Å². The molecule has 17 heavy (non-hydrogen) atoms. The summed E-state index contributed by atoms with van der Waals surface area (Å²) in [6.45, 7) is 6.34. The summed E-state index contributed by atoms with van der Waals surface area (Å²) in [7, 11) is 4.03. The zero-order valence-corrected chi connectivity index (χ0v) is 11.6. The molecule has 1 fully saturated rings. The minimum absolute atomic E-state index is 0.105. The lowest BCUT2D eigenvalue weighted by atomic mass is 10.00. The summed E-state index contributed by atoms with van der Waals surface area (Å²) in [4.78, 5) is 16.3. The highest BCUT2D eigenvalue weighted by molar-refractivity contribution is 5.81. The van der Waals surface area contributed by atoms with Crippen LogP contribution >= 0.6 is 0 Å². The molecule has 1 amide bonds. The zero-order valence-electron chi connectivity index (χ0n) is 11.6. The molecule has 0 spiro atoms. The molecular weight excluding hydrogens is 214 g/mol. The van der Waals surface area contributed by atoms with Gasteiger partial charge in [0.05, 0.1) is 6.04 Å². The van der Waals surface area contributed by atoms with Gasteiger partial charge in [-0.2, -0.15) is 0 Å². The molecule has 2 N–H and O–H groups in total. The Morgan fingerprint density at radius 3 is 2.41 bits per heavy atom. The van der Waals surface area contributed by atoms with E-state index in [1.165, 1.54) is 0 Å². The molecule has 1 rings (SSSR count).